The van der Waals surface area contributed by atoms with Crippen molar-refractivity contribution < 1.29 is 13.2 Å². The number of sulfone groups is 1. The molecule has 0 aromatic carbocycles. The van der Waals surface area contributed by atoms with Crippen LogP contribution in [-0.2, 0) is 9.84 Å². The van der Waals surface area contributed by atoms with E-state index in [0.29, 0.717) is 30.2 Å². The Kier molecular flexibility index (Phi) is 4.54. The molecule has 1 amide bonds. The number of nitrogens with two attached hydrogens (primary N) is 1. The van der Waals surface area contributed by atoms with Gasteiger partial charge in [-0.25, -0.2) is 8.42 Å². The zero-order chi connectivity index (χ0) is 14.8. The van der Waals surface area contributed by atoms with Gasteiger partial charge in [-0.2, -0.15) is 0 Å². The molecule has 1 aliphatic heterocycles. The lowest BCUT2D eigenvalue weighted by molar-refractivity contribution is 0.0958. The summed E-state index contributed by atoms with van der Waals surface area (Å²) in [5, 5.41) is 3.66. The summed E-state index contributed by atoms with van der Waals surface area (Å²) in [4.78, 5) is 14.4. The Balaban J connectivity index is 2.09. The first kappa shape index (κ1) is 15.1. The van der Waals surface area contributed by atoms with E-state index in [4.69, 9.17) is 5.73 Å². The van der Waals surface area contributed by atoms with E-state index in [-0.39, 0.29) is 17.4 Å². The maximum absolute atomic E-state index is 11.9. The zero-order valence-electron chi connectivity index (χ0n) is 11.4. The average Bonchev–Trinajstić information content (AvgIpc) is 2.78. The van der Waals surface area contributed by atoms with Crippen molar-refractivity contribution >= 4 is 37.8 Å². The van der Waals surface area contributed by atoms with Gasteiger partial charge in [-0.3, -0.25) is 4.79 Å². The van der Waals surface area contributed by atoms with E-state index in [1.165, 1.54) is 11.3 Å². The number of carbonyl (C=O) groups excluding carboxylic acids is 1. The summed E-state index contributed by atoms with van der Waals surface area (Å²) in [6, 6.07) is 1.75. The van der Waals surface area contributed by atoms with E-state index in [1.54, 1.807) is 6.07 Å². The largest absolute Gasteiger partial charge is 0.397 e. The number of anilines is 2. The molecule has 0 unspecified atom stereocenters. The summed E-state index contributed by atoms with van der Waals surface area (Å²) in [6.07, 6.45) is 0.869. The molecule has 0 spiro atoms. The molecule has 1 aromatic heterocycles. The van der Waals surface area contributed by atoms with E-state index in [2.05, 4.69) is 5.32 Å². The molecular weight excluding hydrogens is 298 g/mol. The van der Waals surface area contributed by atoms with E-state index in [9.17, 15) is 13.2 Å². The number of carbonyl (C=O) groups is 1. The normalized spacial score (nSPS) is 17.9. The van der Waals surface area contributed by atoms with Crippen LogP contribution in [0.5, 0.6) is 0 Å². The smallest absolute Gasteiger partial charge is 0.263 e. The number of hydrogen-bond donors (Lipinski definition) is 2. The third kappa shape index (κ3) is 3.43. The van der Waals surface area contributed by atoms with Gasteiger partial charge in [0, 0.05) is 19.6 Å². The highest BCUT2D eigenvalue weighted by atomic mass is 32.2. The van der Waals surface area contributed by atoms with Gasteiger partial charge in [0.15, 0.2) is 9.84 Å². The van der Waals surface area contributed by atoms with Crippen LogP contribution in [0.25, 0.3) is 0 Å². The number of amides is 1. The Labute approximate surface area is 122 Å². The van der Waals surface area contributed by atoms with Crippen LogP contribution < -0.4 is 16.0 Å². The second-order valence-electron chi connectivity index (χ2n) is 4.76. The summed E-state index contributed by atoms with van der Waals surface area (Å²) >= 11 is 1.32. The fourth-order valence-corrected chi connectivity index (χ4v) is 4.23. The SMILES string of the molecule is CCCNC(=O)c1sc(N2CCS(=O)(=O)CC2)cc1N. The van der Waals surface area contributed by atoms with Gasteiger partial charge in [-0.1, -0.05) is 6.92 Å². The molecule has 6 nitrogen and oxygen atoms in total. The van der Waals surface area contributed by atoms with Crippen molar-refractivity contribution in [3.63, 3.8) is 0 Å². The molecule has 0 aliphatic carbocycles. The van der Waals surface area contributed by atoms with Crippen LogP contribution in [0.2, 0.25) is 0 Å². The van der Waals surface area contributed by atoms with Gasteiger partial charge < -0.3 is 16.0 Å². The Bertz CT molecular complexity index is 581. The van der Waals surface area contributed by atoms with Gasteiger partial charge in [0.1, 0.15) is 4.88 Å². The highest BCUT2D eigenvalue weighted by molar-refractivity contribution is 7.91. The first-order valence-corrected chi connectivity index (χ1v) is 9.19. The van der Waals surface area contributed by atoms with E-state index in [1.807, 2.05) is 11.8 Å². The number of thiophene rings is 1. The molecule has 2 rings (SSSR count). The molecular formula is C12H19N3O3S2. The molecule has 8 heteroatoms. The van der Waals surface area contributed by atoms with Crippen molar-refractivity contribution in [1.82, 2.24) is 5.32 Å². The van der Waals surface area contributed by atoms with Gasteiger partial charge in [-0.05, 0) is 12.5 Å². The standard InChI is InChI=1S/C12H19N3O3S2/c1-2-3-14-12(16)11-9(13)8-10(19-11)15-4-6-20(17,18)7-5-15/h8H,2-7,13H2,1H3,(H,14,16). The molecule has 0 saturated carbocycles. The van der Waals surface area contributed by atoms with E-state index in [0.717, 1.165) is 11.4 Å². The van der Waals surface area contributed by atoms with Crippen LogP contribution in [0.1, 0.15) is 23.0 Å². The van der Waals surface area contributed by atoms with Crippen LogP contribution >= 0.6 is 11.3 Å². The molecule has 0 bridgehead atoms. The molecule has 0 radical (unpaired) electrons. The van der Waals surface area contributed by atoms with Crippen molar-refractivity contribution in [2.75, 3.05) is 41.8 Å². The maximum Gasteiger partial charge on any atom is 0.263 e. The van der Waals surface area contributed by atoms with E-state index >= 15 is 0 Å². The number of hydrogen-bond acceptors (Lipinski definition) is 6. The molecule has 0 atom stereocenters. The summed E-state index contributed by atoms with van der Waals surface area (Å²) in [5.41, 5.74) is 6.33. The van der Waals surface area contributed by atoms with Gasteiger partial charge in [0.05, 0.1) is 22.2 Å². The van der Waals surface area contributed by atoms with Gasteiger partial charge in [0.25, 0.3) is 5.91 Å². The first-order valence-electron chi connectivity index (χ1n) is 6.56. The van der Waals surface area contributed by atoms with Crippen LogP contribution in [0.4, 0.5) is 10.7 Å². The van der Waals surface area contributed by atoms with Crippen molar-refractivity contribution in [3.8, 4) is 0 Å². The molecule has 1 aliphatic rings. The Morgan fingerprint density at radius 1 is 1.45 bits per heavy atom. The quantitative estimate of drug-likeness (QED) is 0.853. The van der Waals surface area contributed by atoms with Crippen molar-refractivity contribution in [2.24, 2.45) is 0 Å². The van der Waals surface area contributed by atoms with Crippen LogP contribution in [0.3, 0.4) is 0 Å². The fourth-order valence-electron chi connectivity index (χ4n) is 1.98. The minimum atomic E-state index is -2.90. The maximum atomic E-state index is 11.9. The first-order chi connectivity index (χ1) is 9.43. The van der Waals surface area contributed by atoms with Crippen LogP contribution in [0, 0.1) is 0 Å². The highest BCUT2D eigenvalue weighted by Gasteiger charge is 2.24. The molecule has 2 heterocycles. The lowest BCUT2D eigenvalue weighted by atomic mass is 10.3. The Hall–Kier alpha value is -1.28. The number of nitrogens with zero attached hydrogens (tertiary/aromatic N) is 1. The highest BCUT2D eigenvalue weighted by Crippen LogP contribution is 2.32. The number of rotatable bonds is 4. The molecule has 3 N–H and O–H groups in total. The summed E-state index contributed by atoms with van der Waals surface area (Å²) in [7, 11) is -2.90. The Morgan fingerprint density at radius 3 is 2.70 bits per heavy atom. The van der Waals surface area contributed by atoms with E-state index < -0.39 is 9.84 Å². The molecule has 1 saturated heterocycles. The van der Waals surface area contributed by atoms with Crippen molar-refractivity contribution in [1.29, 1.82) is 0 Å². The summed E-state index contributed by atoms with van der Waals surface area (Å²) in [5.74, 6) is 0.148. The molecule has 1 aromatic rings. The average molecular weight is 317 g/mol. The van der Waals surface area contributed by atoms with Gasteiger partial charge in [0.2, 0.25) is 0 Å². The predicted octanol–water partition coefficient (Wildman–Crippen LogP) is 0.705. The topological polar surface area (TPSA) is 92.5 Å². The lowest BCUT2D eigenvalue weighted by Gasteiger charge is -2.27. The predicted molar refractivity (Wildman–Crippen MR) is 82.2 cm³/mol. The minimum absolute atomic E-state index is 0.155. The van der Waals surface area contributed by atoms with Crippen LogP contribution in [0.15, 0.2) is 6.07 Å². The molecule has 1 fully saturated rings. The third-order valence-electron chi connectivity index (χ3n) is 3.15. The van der Waals surface area contributed by atoms with Crippen molar-refractivity contribution in [2.45, 2.75) is 13.3 Å². The Morgan fingerprint density at radius 2 is 2.10 bits per heavy atom. The summed E-state index contributed by atoms with van der Waals surface area (Å²) in [6.45, 7) is 3.52. The molecule has 20 heavy (non-hydrogen) atoms. The molecule has 112 valence electrons. The van der Waals surface area contributed by atoms with Crippen molar-refractivity contribution in [3.05, 3.63) is 10.9 Å². The zero-order valence-corrected chi connectivity index (χ0v) is 13.0. The van der Waals surface area contributed by atoms with Crippen LogP contribution in [-0.4, -0.2) is 45.5 Å². The van der Waals surface area contributed by atoms with Gasteiger partial charge in [-0.15, -0.1) is 11.3 Å². The van der Waals surface area contributed by atoms with Gasteiger partial charge >= 0.3 is 0 Å². The second-order valence-corrected chi connectivity index (χ2v) is 8.10. The second kappa shape index (κ2) is 6.01. The lowest BCUT2D eigenvalue weighted by Crippen LogP contribution is -2.39. The number of nitrogens with one attached hydrogen (secondary N) is 1. The number of nitrogen functional groups attached to an aromatic ring is 1. The fraction of sp³-hybridized carbons (Fsp3) is 0.583. The minimum Gasteiger partial charge on any atom is -0.397 e. The monoisotopic (exact) mass is 317 g/mol. The summed E-state index contributed by atoms with van der Waals surface area (Å²) < 4.78 is 22.8. The third-order valence-corrected chi connectivity index (χ3v) is 5.97.